The number of benzene rings is 2. The number of thioether (sulfide) groups is 1. The summed E-state index contributed by atoms with van der Waals surface area (Å²) in [6.07, 6.45) is 0. The van der Waals surface area contributed by atoms with E-state index >= 15 is 0 Å². The molecule has 1 N–H and O–H groups in total. The predicted octanol–water partition coefficient (Wildman–Crippen LogP) is 5.31. The molecule has 2 aromatic rings. The first-order valence-electron chi connectivity index (χ1n) is 9.53. The summed E-state index contributed by atoms with van der Waals surface area (Å²) in [7, 11) is 0. The van der Waals surface area contributed by atoms with Gasteiger partial charge in [0.1, 0.15) is 11.9 Å². The van der Waals surface area contributed by atoms with Crippen LogP contribution in [0.5, 0.6) is 0 Å². The second-order valence-electron chi connectivity index (χ2n) is 7.23. The first-order valence-corrected chi connectivity index (χ1v) is 11.4. The van der Waals surface area contributed by atoms with Crippen molar-refractivity contribution >= 4 is 46.8 Å². The highest BCUT2D eigenvalue weighted by molar-refractivity contribution is 7.99. The Morgan fingerprint density at radius 3 is 2.27 bits per heavy atom. The van der Waals surface area contributed by atoms with Gasteiger partial charge in [0.2, 0.25) is 11.8 Å². The van der Waals surface area contributed by atoms with E-state index in [4.69, 9.17) is 23.2 Å². The van der Waals surface area contributed by atoms with E-state index in [2.05, 4.69) is 5.32 Å². The van der Waals surface area contributed by atoms with E-state index in [-0.39, 0.29) is 36.0 Å². The summed E-state index contributed by atoms with van der Waals surface area (Å²) in [5.74, 6) is 0.0798. The van der Waals surface area contributed by atoms with Crippen molar-refractivity contribution < 1.29 is 14.0 Å². The van der Waals surface area contributed by atoms with Crippen LogP contribution >= 0.6 is 35.0 Å². The number of nitrogens with one attached hydrogen (secondary N) is 1. The summed E-state index contributed by atoms with van der Waals surface area (Å²) < 4.78 is 13.0. The average molecular weight is 471 g/mol. The van der Waals surface area contributed by atoms with E-state index in [9.17, 15) is 14.0 Å². The van der Waals surface area contributed by atoms with Crippen LogP contribution in [-0.4, -0.2) is 34.6 Å². The summed E-state index contributed by atoms with van der Waals surface area (Å²) >= 11 is 13.5. The van der Waals surface area contributed by atoms with Crippen LogP contribution < -0.4 is 5.32 Å². The van der Waals surface area contributed by atoms with Crippen LogP contribution in [0, 0.1) is 5.82 Å². The van der Waals surface area contributed by atoms with Crippen LogP contribution in [0.2, 0.25) is 10.0 Å². The fourth-order valence-electron chi connectivity index (χ4n) is 2.74. The summed E-state index contributed by atoms with van der Waals surface area (Å²) in [5.41, 5.74) is 1.71. The van der Waals surface area contributed by atoms with Gasteiger partial charge in [0.05, 0.1) is 15.8 Å². The minimum absolute atomic E-state index is 0.0327. The Balaban J connectivity index is 2.09. The monoisotopic (exact) mass is 470 g/mol. The number of rotatable bonds is 9. The van der Waals surface area contributed by atoms with Crippen molar-refractivity contribution in [3.05, 3.63) is 69.5 Å². The Hall–Kier alpha value is -1.76. The molecule has 8 heteroatoms. The molecule has 0 aliphatic carbocycles. The van der Waals surface area contributed by atoms with Gasteiger partial charge in [-0.2, -0.15) is 0 Å². The molecule has 30 heavy (non-hydrogen) atoms. The lowest BCUT2D eigenvalue weighted by atomic mass is 10.1. The number of amides is 2. The van der Waals surface area contributed by atoms with Crippen molar-refractivity contribution in [2.75, 3.05) is 5.75 Å². The van der Waals surface area contributed by atoms with E-state index in [1.807, 2.05) is 13.8 Å². The SMILES string of the molecule is CC(C)NC(=O)[C@@H](C)N(Cc1ccc(Cl)c(Cl)c1)C(=O)CSCc1ccc(F)cc1. The van der Waals surface area contributed by atoms with E-state index in [0.29, 0.717) is 15.8 Å². The second-order valence-corrected chi connectivity index (χ2v) is 9.03. The summed E-state index contributed by atoms with van der Waals surface area (Å²) in [4.78, 5) is 27.1. The van der Waals surface area contributed by atoms with Crippen molar-refractivity contribution in [3.8, 4) is 0 Å². The maximum atomic E-state index is 13.0. The molecule has 0 spiro atoms. The molecule has 0 aromatic heterocycles. The van der Waals surface area contributed by atoms with Crippen molar-refractivity contribution in [1.29, 1.82) is 0 Å². The summed E-state index contributed by atoms with van der Waals surface area (Å²) in [6.45, 7) is 5.68. The maximum Gasteiger partial charge on any atom is 0.242 e. The largest absolute Gasteiger partial charge is 0.352 e. The quantitative estimate of drug-likeness (QED) is 0.540. The fourth-order valence-corrected chi connectivity index (χ4v) is 3.93. The maximum absolute atomic E-state index is 13.0. The average Bonchev–Trinajstić information content (AvgIpc) is 2.69. The molecule has 2 rings (SSSR count). The van der Waals surface area contributed by atoms with Crippen LogP contribution in [0.15, 0.2) is 42.5 Å². The zero-order chi connectivity index (χ0) is 22.3. The van der Waals surface area contributed by atoms with Gasteiger partial charge < -0.3 is 10.2 Å². The molecule has 0 bridgehead atoms. The fraction of sp³-hybridized carbons (Fsp3) is 0.364. The van der Waals surface area contributed by atoms with Gasteiger partial charge >= 0.3 is 0 Å². The molecule has 2 amide bonds. The number of halogens is 3. The Bertz CT molecular complexity index is 878. The number of hydrogen-bond donors (Lipinski definition) is 1. The summed E-state index contributed by atoms with van der Waals surface area (Å²) in [5, 5.41) is 3.67. The van der Waals surface area contributed by atoms with Crippen molar-refractivity contribution in [1.82, 2.24) is 10.2 Å². The summed E-state index contributed by atoms with van der Waals surface area (Å²) in [6, 6.07) is 10.6. The lowest BCUT2D eigenvalue weighted by molar-refractivity contribution is -0.138. The Kier molecular flexibility index (Phi) is 9.46. The first kappa shape index (κ1) is 24.5. The van der Waals surface area contributed by atoms with Crippen molar-refractivity contribution in [2.24, 2.45) is 0 Å². The third-order valence-electron chi connectivity index (χ3n) is 4.34. The smallest absolute Gasteiger partial charge is 0.242 e. The molecule has 0 saturated heterocycles. The van der Waals surface area contributed by atoms with Gasteiger partial charge in [0.25, 0.3) is 0 Å². The standard InChI is InChI=1S/C22H25Cl2FN2O2S/c1-14(2)26-22(29)15(3)27(11-17-6-9-19(23)20(24)10-17)21(28)13-30-12-16-4-7-18(25)8-5-16/h4-10,14-15H,11-13H2,1-3H3,(H,26,29)/t15-/m1/s1. The lowest BCUT2D eigenvalue weighted by Gasteiger charge is -2.29. The van der Waals surface area contributed by atoms with Crippen LogP contribution in [0.1, 0.15) is 31.9 Å². The molecule has 0 saturated carbocycles. The molecule has 162 valence electrons. The molecule has 0 heterocycles. The van der Waals surface area contributed by atoms with Crippen molar-refractivity contribution in [3.63, 3.8) is 0 Å². The van der Waals surface area contributed by atoms with Crippen LogP contribution in [0.4, 0.5) is 4.39 Å². The van der Waals surface area contributed by atoms with E-state index in [0.717, 1.165) is 11.1 Å². The molecule has 0 aliphatic rings. The van der Waals surface area contributed by atoms with Gasteiger partial charge in [-0.15, -0.1) is 11.8 Å². The molecule has 4 nitrogen and oxygen atoms in total. The number of nitrogens with zero attached hydrogens (tertiary/aromatic N) is 1. The third kappa shape index (κ3) is 7.49. The number of carbonyl (C=O) groups is 2. The van der Waals surface area contributed by atoms with Gasteiger partial charge in [-0.05, 0) is 56.2 Å². The zero-order valence-corrected chi connectivity index (χ0v) is 19.5. The van der Waals surface area contributed by atoms with Gasteiger partial charge in [-0.1, -0.05) is 41.4 Å². The number of hydrogen-bond acceptors (Lipinski definition) is 3. The molecule has 0 unspecified atom stereocenters. The number of carbonyl (C=O) groups excluding carboxylic acids is 2. The topological polar surface area (TPSA) is 49.4 Å². The highest BCUT2D eigenvalue weighted by atomic mass is 35.5. The van der Waals surface area contributed by atoms with E-state index in [1.54, 1.807) is 37.3 Å². The highest BCUT2D eigenvalue weighted by Gasteiger charge is 2.26. The molecule has 0 radical (unpaired) electrons. The van der Waals surface area contributed by atoms with Gasteiger partial charge in [-0.25, -0.2) is 4.39 Å². The first-order chi connectivity index (χ1) is 14.2. The van der Waals surface area contributed by atoms with Crippen LogP contribution in [0.25, 0.3) is 0 Å². The van der Waals surface area contributed by atoms with E-state index in [1.165, 1.54) is 28.8 Å². The molecule has 1 atom stereocenters. The zero-order valence-electron chi connectivity index (χ0n) is 17.1. The third-order valence-corrected chi connectivity index (χ3v) is 6.07. The Morgan fingerprint density at radius 1 is 1.03 bits per heavy atom. The normalized spacial score (nSPS) is 12.0. The van der Waals surface area contributed by atoms with E-state index < -0.39 is 6.04 Å². The van der Waals surface area contributed by atoms with Crippen molar-refractivity contribution in [2.45, 2.75) is 45.2 Å². The molecule has 2 aromatic carbocycles. The minimum atomic E-state index is -0.652. The molecular weight excluding hydrogens is 446 g/mol. The minimum Gasteiger partial charge on any atom is -0.352 e. The van der Waals surface area contributed by atoms with Gasteiger partial charge in [0, 0.05) is 18.3 Å². The molecule has 0 aliphatic heterocycles. The van der Waals surface area contributed by atoms with Crippen LogP contribution in [-0.2, 0) is 21.9 Å². The van der Waals surface area contributed by atoms with Gasteiger partial charge in [0.15, 0.2) is 0 Å². The van der Waals surface area contributed by atoms with Crippen LogP contribution in [0.3, 0.4) is 0 Å². The highest BCUT2D eigenvalue weighted by Crippen LogP contribution is 2.24. The Morgan fingerprint density at radius 2 is 1.67 bits per heavy atom. The molecular formula is C22H25Cl2FN2O2S. The lowest BCUT2D eigenvalue weighted by Crippen LogP contribution is -2.49. The Labute approximate surface area is 191 Å². The molecule has 0 fully saturated rings. The predicted molar refractivity (Wildman–Crippen MR) is 122 cm³/mol. The second kappa shape index (κ2) is 11.6. The van der Waals surface area contributed by atoms with Gasteiger partial charge in [-0.3, -0.25) is 9.59 Å².